The van der Waals surface area contributed by atoms with Crippen LogP contribution in [0.3, 0.4) is 0 Å². The van der Waals surface area contributed by atoms with E-state index in [1.807, 2.05) is 35.2 Å². The van der Waals surface area contributed by atoms with Crippen LogP contribution in [0.2, 0.25) is 5.02 Å². The molecular formula is C19H21ClN2O2. The first-order chi connectivity index (χ1) is 11.7. The normalized spacial score (nSPS) is 17.1. The summed E-state index contributed by atoms with van der Waals surface area (Å²) in [6.45, 7) is 0. The van der Waals surface area contributed by atoms with Gasteiger partial charge < -0.3 is 14.6 Å². The number of rotatable bonds is 6. The predicted octanol–water partition coefficient (Wildman–Crippen LogP) is 4.06. The Morgan fingerprint density at radius 1 is 1.21 bits per heavy atom. The zero-order chi connectivity index (χ0) is 16.7. The summed E-state index contributed by atoms with van der Waals surface area (Å²) in [6, 6.07) is 7.70. The van der Waals surface area contributed by atoms with Crippen LogP contribution < -0.4 is 10.1 Å². The van der Waals surface area contributed by atoms with E-state index in [-0.39, 0.29) is 5.91 Å². The van der Waals surface area contributed by atoms with Gasteiger partial charge in [0.25, 0.3) is 5.91 Å². The molecule has 4 rings (SSSR count). The Hall–Kier alpha value is -1.94. The molecule has 0 atom stereocenters. The summed E-state index contributed by atoms with van der Waals surface area (Å²) in [7, 11) is 1.58. The molecule has 1 amide bonds. The minimum absolute atomic E-state index is 0.0865. The summed E-state index contributed by atoms with van der Waals surface area (Å²) in [5.74, 6) is 1.77. The van der Waals surface area contributed by atoms with Crippen LogP contribution in [0.1, 0.15) is 36.0 Å². The zero-order valence-corrected chi connectivity index (χ0v) is 14.4. The number of methoxy groups -OCH3 is 1. The van der Waals surface area contributed by atoms with E-state index in [9.17, 15) is 4.79 Å². The van der Waals surface area contributed by atoms with E-state index in [1.54, 1.807) is 13.2 Å². The van der Waals surface area contributed by atoms with Crippen molar-refractivity contribution in [2.45, 2.75) is 31.7 Å². The third-order valence-electron chi connectivity index (χ3n) is 4.95. The van der Waals surface area contributed by atoms with E-state index in [4.69, 9.17) is 16.3 Å². The molecule has 0 saturated heterocycles. The quantitative estimate of drug-likeness (QED) is 0.858. The Kier molecular flexibility index (Phi) is 4.01. The number of nitrogens with zero attached hydrogens (tertiary/aromatic N) is 1. The van der Waals surface area contributed by atoms with Gasteiger partial charge in [-0.2, -0.15) is 0 Å². The van der Waals surface area contributed by atoms with Crippen molar-refractivity contribution in [3.8, 4) is 11.4 Å². The topological polar surface area (TPSA) is 43.3 Å². The van der Waals surface area contributed by atoms with Crippen molar-refractivity contribution in [2.24, 2.45) is 11.8 Å². The average molecular weight is 345 g/mol. The van der Waals surface area contributed by atoms with Gasteiger partial charge in [0.15, 0.2) is 0 Å². The molecule has 2 aliphatic rings. The van der Waals surface area contributed by atoms with Gasteiger partial charge in [0.05, 0.1) is 23.4 Å². The van der Waals surface area contributed by atoms with Gasteiger partial charge in [-0.25, -0.2) is 0 Å². The summed E-state index contributed by atoms with van der Waals surface area (Å²) < 4.78 is 7.37. The zero-order valence-electron chi connectivity index (χ0n) is 13.7. The van der Waals surface area contributed by atoms with Crippen LogP contribution in [-0.2, 0) is 0 Å². The van der Waals surface area contributed by atoms with Gasteiger partial charge in [-0.1, -0.05) is 11.6 Å². The summed E-state index contributed by atoms with van der Waals surface area (Å²) in [6.07, 6.45) is 8.74. The number of amides is 1. The van der Waals surface area contributed by atoms with Crippen molar-refractivity contribution >= 4 is 17.5 Å². The fraction of sp³-hybridized carbons (Fsp3) is 0.421. The highest BCUT2D eigenvalue weighted by atomic mass is 35.5. The molecule has 2 fully saturated rings. The second-order valence-corrected chi connectivity index (χ2v) is 7.18. The molecule has 0 bridgehead atoms. The minimum atomic E-state index is -0.0865. The van der Waals surface area contributed by atoms with Crippen molar-refractivity contribution in [2.75, 3.05) is 7.11 Å². The number of halogens is 1. The van der Waals surface area contributed by atoms with Crippen molar-refractivity contribution in [3.05, 3.63) is 47.2 Å². The molecule has 2 saturated carbocycles. The predicted molar refractivity (Wildman–Crippen MR) is 94.0 cm³/mol. The molecule has 126 valence electrons. The maximum Gasteiger partial charge on any atom is 0.255 e. The summed E-state index contributed by atoms with van der Waals surface area (Å²) in [4.78, 5) is 12.8. The smallest absolute Gasteiger partial charge is 0.255 e. The number of nitrogens with one attached hydrogen (secondary N) is 1. The molecule has 1 aromatic heterocycles. The van der Waals surface area contributed by atoms with Gasteiger partial charge in [-0.15, -0.1) is 0 Å². The molecule has 24 heavy (non-hydrogen) atoms. The van der Waals surface area contributed by atoms with Crippen LogP contribution in [0.4, 0.5) is 0 Å². The lowest BCUT2D eigenvalue weighted by Gasteiger charge is -2.19. The fourth-order valence-corrected chi connectivity index (χ4v) is 3.60. The highest BCUT2D eigenvalue weighted by Crippen LogP contribution is 2.44. The third kappa shape index (κ3) is 3.03. The number of hydrogen-bond acceptors (Lipinski definition) is 2. The number of carbonyl (C=O) groups is 1. The van der Waals surface area contributed by atoms with Crippen LogP contribution in [0.25, 0.3) is 5.69 Å². The van der Waals surface area contributed by atoms with Crippen LogP contribution in [0.15, 0.2) is 36.7 Å². The van der Waals surface area contributed by atoms with E-state index in [2.05, 4.69) is 5.32 Å². The van der Waals surface area contributed by atoms with Crippen LogP contribution >= 0.6 is 11.6 Å². The molecule has 0 spiro atoms. The molecule has 1 heterocycles. The standard InChI is InChI=1S/C19H21ClN2O2/c1-24-17-11-16(22-8-2-3-9-22)15(20)10-14(17)19(23)21-18(12-4-5-12)13-6-7-13/h2-3,8-13,18H,4-7H2,1H3,(H,21,23). The molecule has 2 aliphatic carbocycles. The van der Waals surface area contributed by atoms with Gasteiger partial charge in [0.1, 0.15) is 5.75 Å². The lowest BCUT2D eigenvalue weighted by atomic mass is 10.1. The van der Waals surface area contributed by atoms with Crippen LogP contribution in [-0.4, -0.2) is 23.6 Å². The molecule has 5 heteroatoms. The number of ether oxygens (including phenoxy) is 1. The average Bonchev–Trinajstić information content (AvgIpc) is 3.52. The Labute approximate surface area is 146 Å². The number of carbonyl (C=O) groups excluding carboxylic acids is 1. The largest absolute Gasteiger partial charge is 0.496 e. The van der Waals surface area contributed by atoms with Crippen molar-refractivity contribution < 1.29 is 9.53 Å². The first-order valence-electron chi connectivity index (χ1n) is 8.49. The number of benzene rings is 1. The first-order valence-corrected chi connectivity index (χ1v) is 8.87. The minimum Gasteiger partial charge on any atom is -0.496 e. The Balaban J connectivity index is 1.61. The molecular weight excluding hydrogens is 324 g/mol. The van der Waals surface area contributed by atoms with E-state index in [0.717, 1.165) is 5.69 Å². The summed E-state index contributed by atoms with van der Waals surface area (Å²) >= 11 is 6.42. The monoisotopic (exact) mass is 344 g/mol. The van der Waals surface area contributed by atoms with E-state index in [1.165, 1.54) is 25.7 Å². The second-order valence-electron chi connectivity index (χ2n) is 6.77. The molecule has 0 unspecified atom stereocenters. The highest BCUT2D eigenvalue weighted by Gasteiger charge is 2.42. The summed E-state index contributed by atoms with van der Waals surface area (Å²) in [5.41, 5.74) is 1.31. The second kappa shape index (κ2) is 6.17. The molecule has 4 nitrogen and oxygen atoms in total. The number of hydrogen-bond donors (Lipinski definition) is 1. The first kappa shape index (κ1) is 15.6. The van der Waals surface area contributed by atoms with Crippen LogP contribution in [0, 0.1) is 11.8 Å². The lowest BCUT2D eigenvalue weighted by Crippen LogP contribution is -2.38. The molecule has 2 aromatic rings. The van der Waals surface area contributed by atoms with Gasteiger partial charge in [-0.3, -0.25) is 4.79 Å². The number of aromatic nitrogens is 1. The van der Waals surface area contributed by atoms with E-state index in [0.29, 0.717) is 34.2 Å². The van der Waals surface area contributed by atoms with Crippen molar-refractivity contribution in [3.63, 3.8) is 0 Å². The van der Waals surface area contributed by atoms with Gasteiger partial charge in [0, 0.05) is 24.5 Å². The summed E-state index contributed by atoms with van der Waals surface area (Å²) in [5, 5.41) is 3.76. The Bertz CT molecular complexity index is 737. The van der Waals surface area contributed by atoms with Crippen LogP contribution in [0.5, 0.6) is 5.75 Å². The van der Waals surface area contributed by atoms with Gasteiger partial charge in [-0.05, 0) is 55.7 Å². The fourth-order valence-electron chi connectivity index (χ4n) is 3.34. The maximum absolute atomic E-state index is 12.8. The Morgan fingerprint density at radius 3 is 2.38 bits per heavy atom. The highest BCUT2D eigenvalue weighted by molar-refractivity contribution is 6.33. The van der Waals surface area contributed by atoms with Gasteiger partial charge in [0.2, 0.25) is 0 Å². The maximum atomic E-state index is 12.8. The van der Waals surface area contributed by atoms with Gasteiger partial charge >= 0.3 is 0 Å². The molecule has 1 aromatic carbocycles. The Morgan fingerprint density at radius 2 is 1.83 bits per heavy atom. The SMILES string of the molecule is COc1cc(-n2cccc2)c(Cl)cc1C(=O)NC(C1CC1)C1CC1. The van der Waals surface area contributed by atoms with E-state index >= 15 is 0 Å². The third-order valence-corrected chi connectivity index (χ3v) is 5.26. The molecule has 0 radical (unpaired) electrons. The molecule has 0 aliphatic heterocycles. The van der Waals surface area contributed by atoms with E-state index < -0.39 is 0 Å². The lowest BCUT2D eigenvalue weighted by molar-refractivity contribution is 0.0923. The van der Waals surface area contributed by atoms with Crippen molar-refractivity contribution in [1.29, 1.82) is 0 Å². The molecule has 1 N–H and O–H groups in total. The van der Waals surface area contributed by atoms with Crippen molar-refractivity contribution in [1.82, 2.24) is 9.88 Å².